The van der Waals surface area contributed by atoms with Crippen LogP contribution < -0.4 is 11.1 Å². The molecule has 0 fully saturated rings. The number of halogens is 1. The van der Waals surface area contributed by atoms with E-state index >= 15 is 0 Å². The van der Waals surface area contributed by atoms with Gasteiger partial charge in [-0.2, -0.15) is 0 Å². The van der Waals surface area contributed by atoms with E-state index in [1.165, 1.54) is 30.6 Å². The third-order valence-corrected chi connectivity index (χ3v) is 3.55. The molecule has 6 heteroatoms. The highest BCUT2D eigenvalue weighted by Gasteiger charge is 2.02. The molecule has 0 unspecified atom stereocenters. The SMILES string of the molecule is C=C(/C=C(\O)c1ccc(N)nc1)CC(/C=C\c1ccc(F)cc1)=C/NC=O.CC. The molecule has 4 N–H and O–H groups in total. The molecule has 1 heterocycles. The summed E-state index contributed by atoms with van der Waals surface area (Å²) in [5, 5.41) is 12.7. The first-order valence-corrected chi connectivity index (χ1v) is 9.10. The van der Waals surface area contributed by atoms with Crippen LogP contribution in [0.3, 0.4) is 0 Å². The minimum atomic E-state index is -0.309. The van der Waals surface area contributed by atoms with Crippen LogP contribution in [0.2, 0.25) is 0 Å². The summed E-state index contributed by atoms with van der Waals surface area (Å²) >= 11 is 0. The zero-order chi connectivity index (χ0) is 21.6. The lowest BCUT2D eigenvalue weighted by Crippen LogP contribution is -2.01. The first-order chi connectivity index (χ1) is 14.0. The molecule has 0 aliphatic rings. The first kappa shape index (κ1) is 23.4. The molecule has 0 atom stereocenters. The first-order valence-electron chi connectivity index (χ1n) is 9.10. The molecule has 0 bridgehead atoms. The van der Waals surface area contributed by atoms with Crippen molar-refractivity contribution in [2.45, 2.75) is 20.3 Å². The van der Waals surface area contributed by atoms with Crippen molar-refractivity contribution in [2.24, 2.45) is 0 Å². The Balaban J connectivity index is 0.00000204. The van der Waals surface area contributed by atoms with Crippen LogP contribution in [0.25, 0.3) is 11.8 Å². The van der Waals surface area contributed by atoms with Crippen LogP contribution in [-0.2, 0) is 4.79 Å². The number of nitrogens with one attached hydrogen (secondary N) is 1. The number of carbonyl (C=O) groups excluding carboxylic acids is 1. The van der Waals surface area contributed by atoms with E-state index in [1.54, 1.807) is 36.4 Å². The molecular weight excluding hydrogens is 369 g/mol. The van der Waals surface area contributed by atoms with Crippen LogP contribution in [0.15, 0.2) is 78.7 Å². The topological polar surface area (TPSA) is 88.2 Å². The van der Waals surface area contributed by atoms with Gasteiger partial charge in [0.1, 0.15) is 17.4 Å². The standard InChI is InChI=1S/C21H20FN3O2.C2H6/c1-15(11-20(27)18-6-9-21(23)25-13-18)10-17(12-24-14-26)3-2-16-4-7-19(22)8-5-16;1-2/h2-9,11-14,27H,1,10H2,(H2,23,25)(H,24,26);1-2H3/b3-2-,17-12+,20-11-;. The number of hydrogen-bond donors (Lipinski definition) is 3. The number of anilines is 1. The molecule has 0 aliphatic heterocycles. The summed E-state index contributed by atoms with van der Waals surface area (Å²) < 4.78 is 13.0. The molecule has 29 heavy (non-hydrogen) atoms. The van der Waals surface area contributed by atoms with Gasteiger partial charge in [0.25, 0.3) is 0 Å². The van der Waals surface area contributed by atoms with Crippen LogP contribution >= 0.6 is 0 Å². The number of pyridine rings is 1. The van der Waals surface area contributed by atoms with Crippen LogP contribution in [-0.4, -0.2) is 16.5 Å². The normalized spacial score (nSPS) is 11.6. The predicted octanol–water partition coefficient (Wildman–Crippen LogP) is 5.02. The highest BCUT2D eigenvalue weighted by atomic mass is 19.1. The Labute approximate surface area is 170 Å². The molecule has 2 rings (SSSR count). The van der Waals surface area contributed by atoms with Crippen molar-refractivity contribution in [3.8, 4) is 0 Å². The van der Waals surface area contributed by atoms with Crippen molar-refractivity contribution < 1.29 is 14.3 Å². The number of nitrogens with two attached hydrogens (primary N) is 1. The van der Waals surface area contributed by atoms with E-state index in [0.717, 1.165) is 11.1 Å². The summed E-state index contributed by atoms with van der Waals surface area (Å²) in [5.41, 5.74) is 8.22. The zero-order valence-corrected chi connectivity index (χ0v) is 16.6. The van der Waals surface area contributed by atoms with E-state index in [0.29, 0.717) is 29.8 Å². The van der Waals surface area contributed by atoms with Gasteiger partial charge in [0, 0.05) is 18.0 Å². The van der Waals surface area contributed by atoms with Crippen LogP contribution in [0.4, 0.5) is 10.2 Å². The Morgan fingerprint density at radius 3 is 2.52 bits per heavy atom. The van der Waals surface area contributed by atoms with Gasteiger partial charge in [-0.05, 0) is 53.5 Å². The summed E-state index contributed by atoms with van der Waals surface area (Å²) in [4.78, 5) is 14.5. The van der Waals surface area contributed by atoms with Crippen molar-refractivity contribution in [3.05, 3.63) is 95.6 Å². The number of hydrogen-bond acceptors (Lipinski definition) is 4. The molecule has 1 aromatic carbocycles. The van der Waals surface area contributed by atoms with Crippen LogP contribution in [0.5, 0.6) is 0 Å². The van der Waals surface area contributed by atoms with Crippen molar-refractivity contribution in [1.29, 1.82) is 0 Å². The number of nitrogen functional groups attached to an aromatic ring is 1. The van der Waals surface area contributed by atoms with Crippen molar-refractivity contribution >= 4 is 24.1 Å². The van der Waals surface area contributed by atoms with E-state index in [-0.39, 0.29) is 11.6 Å². The minimum Gasteiger partial charge on any atom is -0.507 e. The number of amides is 1. The van der Waals surface area contributed by atoms with Gasteiger partial charge in [0.05, 0.1) is 0 Å². The Morgan fingerprint density at radius 2 is 1.93 bits per heavy atom. The molecule has 0 saturated carbocycles. The predicted molar refractivity (Wildman–Crippen MR) is 117 cm³/mol. The van der Waals surface area contributed by atoms with Crippen molar-refractivity contribution in [1.82, 2.24) is 10.3 Å². The molecule has 0 saturated heterocycles. The molecule has 2 aromatic rings. The number of aliphatic hydroxyl groups excluding tert-OH is 1. The number of allylic oxidation sites excluding steroid dienone is 4. The van der Waals surface area contributed by atoms with Gasteiger partial charge in [-0.15, -0.1) is 0 Å². The summed E-state index contributed by atoms with van der Waals surface area (Å²) in [5.74, 6) is 0.0656. The second-order valence-corrected chi connectivity index (χ2v) is 5.72. The second-order valence-electron chi connectivity index (χ2n) is 5.72. The van der Waals surface area contributed by atoms with Crippen LogP contribution in [0.1, 0.15) is 31.4 Å². The maximum absolute atomic E-state index is 13.0. The van der Waals surface area contributed by atoms with E-state index in [4.69, 9.17) is 5.73 Å². The quantitative estimate of drug-likeness (QED) is 0.333. The lowest BCUT2D eigenvalue weighted by Gasteiger charge is -2.05. The summed E-state index contributed by atoms with van der Waals surface area (Å²) in [6.07, 6.45) is 9.03. The van der Waals surface area contributed by atoms with E-state index in [1.807, 2.05) is 13.8 Å². The summed E-state index contributed by atoms with van der Waals surface area (Å²) in [6, 6.07) is 9.27. The molecule has 5 nitrogen and oxygen atoms in total. The summed E-state index contributed by atoms with van der Waals surface area (Å²) in [6.45, 7) is 7.93. The smallest absolute Gasteiger partial charge is 0.211 e. The number of aliphatic hydroxyl groups is 1. The summed E-state index contributed by atoms with van der Waals surface area (Å²) in [7, 11) is 0. The lowest BCUT2D eigenvalue weighted by molar-refractivity contribution is -0.108. The van der Waals surface area contributed by atoms with Crippen molar-refractivity contribution in [2.75, 3.05) is 5.73 Å². The number of aromatic nitrogens is 1. The Bertz CT molecular complexity index is 883. The third-order valence-electron chi connectivity index (χ3n) is 3.55. The van der Waals surface area contributed by atoms with Gasteiger partial charge in [0.2, 0.25) is 6.41 Å². The number of rotatable bonds is 8. The Kier molecular flexibility index (Phi) is 10.2. The van der Waals surface area contributed by atoms with Gasteiger partial charge in [0.15, 0.2) is 0 Å². The molecule has 1 amide bonds. The number of carbonyl (C=O) groups is 1. The Morgan fingerprint density at radius 1 is 1.24 bits per heavy atom. The second kappa shape index (κ2) is 12.7. The van der Waals surface area contributed by atoms with Gasteiger partial charge in [-0.25, -0.2) is 9.37 Å². The van der Waals surface area contributed by atoms with Gasteiger partial charge in [-0.1, -0.05) is 44.7 Å². The molecular formula is C23H26FN3O2. The lowest BCUT2D eigenvalue weighted by atomic mass is 10.0. The fraction of sp³-hybridized carbons (Fsp3) is 0.130. The minimum absolute atomic E-state index is 0.0118. The Hall–Kier alpha value is -3.67. The third kappa shape index (κ3) is 8.71. The maximum atomic E-state index is 13.0. The fourth-order valence-corrected chi connectivity index (χ4v) is 2.22. The molecule has 152 valence electrons. The van der Waals surface area contributed by atoms with Crippen molar-refractivity contribution in [3.63, 3.8) is 0 Å². The fourth-order valence-electron chi connectivity index (χ4n) is 2.22. The zero-order valence-electron chi connectivity index (χ0n) is 16.6. The highest BCUT2D eigenvalue weighted by Crippen LogP contribution is 2.18. The van der Waals surface area contributed by atoms with E-state index in [2.05, 4.69) is 16.9 Å². The van der Waals surface area contributed by atoms with E-state index < -0.39 is 0 Å². The van der Waals surface area contributed by atoms with Gasteiger partial charge < -0.3 is 16.2 Å². The molecule has 0 radical (unpaired) electrons. The average Bonchev–Trinajstić information content (AvgIpc) is 2.73. The van der Waals surface area contributed by atoms with Gasteiger partial charge in [-0.3, -0.25) is 4.79 Å². The number of benzene rings is 1. The maximum Gasteiger partial charge on any atom is 0.211 e. The highest BCUT2D eigenvalue weighted by molar-refractivity contribution is 5.62. The monoisotopic (exact) mass is 395 g/mol. The largest absolute Gasteiger partial charge is 0.507 e. The van der Waals surface area contributed by atoms with Gasteiger partial charge >= 0.3 is 0 Å². The molecule has 0 aliphatic carbocycles. The van der Waals surface area contributed by atoms with E-state index in [9.17, 15) is 14.3 Å². The molecule has 0 spiro atoms. The average molecular weight is 395 g/mol. The van der Waals surface area contributed by atoms with Crippen LogP contribution in [0, 0.1) is 5.82 Å². The molecule has 1 aromatic heterocycles. The number of nitrogens with zero attached hydrogens (tertiary/aromatic N) is 1.